The molecule has 1 aliphatic carbocycles. The van der Waals surface area contributed by atoms with E-state index in [4.69, 9.17) is 9.47 Å². The van der Waals surface area contributed by atoms with Crippen LogP contribution in [0.5, 0.6) is 0 Å². The monoisotopic (exact) mass is 345 g/mol. The van der Waals surface area contributed by atoms with E-state index in [1.54, 1.807) is 11.3 Å². The third kappa shape index (κ3) is 2.85. The number of ether oxygens (including phenoxy) is 2. The first-order valence-electron chi connectivity index (χ1n) is 8.75. The van der Waals surface area contributed by atoms with Crippen LogP contribution in [0.15, 0.2) is 29.6 Å². The van der Waals surface area contributed by atoms with Gasteiger partial charge in [0, 0.05) is 17.9 Å². The second kappa shape index (κ2) is 6.82. The fraction of sp³-hybridized carbons (Fsp3) is 0.526. The van der Waals surface area contributed by atoms with Crippen molar-refractivity contribution >= 4 is 27.3 Å². The zero-order valence-corrected chi connectivity index (χ0v) is 14.8. The van der Waals surface area contributed by atoms with E-state index in [0.717, 1.165) is 18.4 Å². The number of nitrogens with zero attached hydrogens (tertiary/aromatic N) is 1. The summed E-state index contributed by atoms with van der Waals surface area (Å²) < 4.78 is 13.0. The molecule has 1 aliphatic heterocycles. The van der Waals surface area contributed by atoms with E-state index in [1.807, 2.05) is 24.0 Å². The van der Waals surface area contributed by atoms with Gasteiger partial charge in [-0.1, -0.05) is 18.2 Å². The lowest BCUT2D eigenvalue weighted by atomic mass is 10.1. The number of benzene rings is 1. The predicted octanol–water partition coefficient (Wildman–Crippen LogP) is 3.24. The van der Waals surface area contributed by atoms with Crippen molar-refractivity contribution in [3.63, 3.8) is 0 Å². The van der Waals surface area contributed by atoms with Gasteiger partial charge in [0.15, 0.2) is 0 Å². The molecule has 24 heavy (non-hydrogen) atoms. The Bertz CT molecular complexity index is 728. The molecule has 3 atom stereocenters. The molecule has 2 heterocycles. The van der Waals surface area contributed by atoms with Gasteiger partial charge in [-0.3, -0.25) is 4.79 Å². The van der Waals surface area contributed by atoms with Crippen LogP contribution < -0.4 is 0 Å². The topological polar surface area (TPSA) is 38.8 Å². The molecule has 1 amide bonds. The molecular formula is C19H23NO3S. The van der Waals surface area contributed by atoms with Crippen LogP contribution in [0.4, 0.5) is 0 Å². The summed E-state index contributed by atoms with van der Waals surface area (Å²) in [6, 6.07) is 8.48. The van der Waals surface area contributed by atoms with Crippen LogP contribution in [0, 0.1) is 0 Å². The van der Waals surface area contributed by atoms with Crippen molar-refractivity contribution in [3.05, 3.63) is 35.2 Å². The van der Waals surface area contributed by atoms with E-state index >= 15 is 0 Å². The number of hydrogen-bond donors (Lipinski definition) is 0. The number of rotatable bonds is 4. The van der Waals surface area contributed by atoms with Crippen molar-refractivity contribution in [1.82, 2.24) is 4.90 Å². The van der Waals surface area contributed by atoms with Crippen molar-refractivity contribution in [1.29, 1.82) is 0 Å². The van der Waals surface area contributed by atoms with Gasteiger partial charge in [0.05, 0.1) is 25.2 Å². The Morgan fingerprint density at radius 1 is 1.38 bits per heavy atom. The van der Waals surface area contributed by atoms with Gasteiger partial charge in [-0.15, -0.1) is 11.3 Å². The second-order valence-electron chi connectivity index (χ2n) is 6.49. The number of fused-ring (bicyclic) bond motifs is 2. The number of thiophene rings is 1. The number of amides is 1. The summed E-state index contributed by atoms with van der Waals surface area (Å²) >= 11 is 1.71. The molecule has 2 fully saturated rings. The fourth-order valence-electron chi connectivity index (χ4n) is 4.05. The summed E-state index contributed by atoms with van der Waals surface area (Å²) in [7, 11) is 0. The molecule has 0 bridgehead atoms. The molecule has 5 heteroatoms. The Hall–Kier alpha value is -1.43. The van der Waals surface area contributed by atoms with Gasteiger partial charge in [0.25, 0.3) is 0 Å². The van der Waals surface area contributed by atoms with Crippen LogP contribution in [-0.2, 0) is 20.7 Å². The average Bonchev–Trinajstić information content (AvgIpc) is 3.20. The standard InChI is InChI=1S/C19H23NO3S/c1-2-22-16-8-7-15-19(16)23-10-9-20(15)18(21)11-13-12-24-17-6-4-3-5-14(13)17/h3-6,12,15-16,19H,2,7-11H2,1H3/t15-,16-,19+/m1/s1. The van der Waals surface area contributed by atoms with Crippen LogP contribution in [0.1, 0.15) is 25.3 Å². The molecule has 4 rings (SSSR count). The van der Waals surface area contributed by atoms with Crippen molar-refractivity contribution in [2.24, 2.45) is 0 Å². The highest BCUT2D eigenvalue weighted by Crippen LogP contribution is 2.33. The molecule has 0 N–H and O–H groups in total. The largest absolute Gasteiger partial charge is 0.376 e. The normalized spacial score (nSPS) is 26.7. The maximum absolute atomic E-state index is 13.0. The Morgan fingerprint density at radius 3 is 3.12 bits per heavy atom. The minimum absolute atomic E-state index is 0.0434. The molecule has 1 aromatic carbocycles. The van der Waals surface area contributed by atoms with Gasteiger partial charge in [-0.05, 0) is 42.2 Å². The molecule has 4 nitrogen and oxygen atoms in total. The molecule has 1 saturated carbocycles. The molecule has 2 aromatic rings. The highest BCUT2D eigenvalue weighted by Gasteiger charge is 2.44. The zero-order valence-electron chi connectivity index (χ0n) is 13.9. The molecule has 1 aromatic heterocycles. The van der Waals surface area contributed by atoms with E-state index in [9.17, 15) is 4.79 Å². The van der Waals surface area contributed by atoms with E-state index in [2.05, 4.69) is 17.5 Å². The first-order chi connectivity index (χ1) is 11.8. The summed E-state index contributed by atoms with van der Waals surface area (Å²) in [6.07, 6.45) is 2.62. The third-order valence-corrected chi connectivity index (χ3v) is 6.15. The summed E-state index contributed by atoms with van der Waals surface area (Å²) in [5.41, 5.74) is 1.14. The second-order valence-corrected chi connectivity index (χ2v) is 7.41. The molecular weight excluding hydrogens is 322 g/mol. The van der Waals surface area contributed by atoms with Crippen LogP contribution in [0.3, 0.4) is 0 Å². The van der Waals surface area contributed by atoms with Gasteiger partial charge in [0.1, 0.15) is 6.10 Å². The van der Waals surface area contributed by atoms with Gasteiger partial charge in [-0.2, -0.15) is 0 Å². The van der Waals surface area contributed by atoms with E-state index in [-0.39, 0.29) is 24.2 Å². The lowest BCUT2D eigenvalue weighted by Gasteiger charge is -2.39. The fourth-order valence-corrected chi connectivity index (χ4v) is 5.01. The van der Waals surface area contributed by atoms with Crippen molar-refractivity contribution in [2.75, 3.05) is 19.8 Å². The Labute approximate surface area is 146 Å². The van der Waals surface area contributed by atoms with Gasteiger partial charge in [-0.25, -0.2) is 0 Å². The van der Waals surface area contributed by atoms with E-state index in [0.29, 0.717) is 26.2 Å². The lowest BCUT2D eigenvalue weighted by Crippen LogP contribution is -2.54. The molecule has 0 spiro atoms. The van der Waals surface area contributed by atoms with Crippen LogP contribution in [0.2, 0.25) is 0 Å². The number of morpholine rings is 1. The maximum atomic E-state index is 13.0. The molecule has 0 radical (unpaired) electrons. The van der Waals surface area contributed by atoms with E-state index < -0.39 is 0 Å². The summed E-state index contributed by atoms with van der Waals surface area (Å²) in [6.45, 7) is 4.02. The summed E-state index contributed by atoms with van der Waals surface area (Å²) in [5, 5.41) is 3.33. The van der Waals surface area contributed by atoms with E-state index in [1.165, 1.54) is 10.1 Å². The van der Waals surface area contributed by atoms with Crippen molar-refractivity contribution in [3.8, 4) is 0 Å². The molecule has 0 unspecified atom stereocenters. The molecule has 128 valence electrons. The van der Waals surface area contributed by atoms with Crippen molar-refractivity contribution < 1.29 is 14.3 Å². The maximum Gasteiger partial charge on any atom is 0.227 e. The lowest BCUT2D eigenvalue weighted by molar-refractivity contribution is -0.150. The summed E-state index contributed by atoms with van der Waals surface area (Å²) in [4.78, 5) is 15.0. The van der Waals surface area contributed by atoms with Crippen LogP contribution in [-0.4, -0.2) is 48.8 Å². The third-order valence-electron chi connectivity index (χ3n) is 5.14. The Morgan fingerprint density at radius 2 is 2.25 bits per heavy atom. The van der Waals surface area contributed by atoms with Crippen LogP contribution >= 0.6 is 11.3 Å². The number of carbonyl (C=O) groups excluding carboxylic acids is 1. The van der Waals surface area contributed by atoms with Gasteiger partial charge >= 0.3 is 0 Å². The van der Waals surface area contributed by atoms with Crippen molar-refractivity contribution in [2.45, 2.75) is 44.4 Å². The SMILES string of the molecule is CCO[C@@H]1CC[C@@H]2[C@@H]1OCCN2C(=O)Cc1csc2ccccc12. The first kappa shape index (κ1) is 16.1. The van der Waals surface area contributed by atoms with Crippen LogP contribution in [0.25, 0.3) is 10.1 Å². The number of carbonyl (C=O) groups is 1. The van der Waals surface area contributed by atoms with Gasteiger partial charge < -0.3 is 14.4 Å². The molecule has 1 saturated heterocycles. The van der Waals surface area contributed by atoms with Gasteiger partial charge in [0.2, 0.25) is 5.91 Å². The minimum Gasteiger partial charge on any atom is -0.376 e. The first-order valence-corrected chi connectivity index (χ1v) is 9.63. The quantitative estimate of drug-likeness (QED) is 0.854. The minimum atomic E-state index is 0.0434. The molecule has 2 aliphatic rings. The zero-order chi connectivity index (χ0) is 16.5. The smallest absolute Gasteiger partial charge is 0.227 e. The predicted molar refractivity (Wildman–Crippen MR) is 95.4 cm³/mol. The average molecular weight is 345 g/mol. The summed E-state index contributed by atoms with van der Waals surface area (Å²) in [5.74, 6) is 0.217. The highest BCUT2D eigenvalue weighted by molar-refractivity contribution is 7.17. The highest BCUT2D eigenvalue weighted by atomic mass is 32.1. The number of hydrogen-bond acceptors (Lipinski definition) is 4. The Balaban J connectivity index is 1.50. The Kier molecular flexibility index (Phi) is 4.57.